The molecule has 4 aromatic carbocycles. The molecule has 0 fully saturated rings. The first-order chi connectivity index (χ1) is 21.7. The zero-order valence-electron chi connectivity index (χ0n) is 22.4. The molecule has 4 aromatic rings. The van der Waals surface area contributed by atoms with E-state index in [1.165, 1.54) is 0 Å². The Bertz CT molecular complexity index is 2010. The van der Waals surface area contributed by atoms with Gasteiger partial charge in [-0.2, -0.15) is 21.0 Å². The van der Waals surface area contributed by atoms with Gasteiger partial charge in [-0.25, -0.2) is 8.78 Å². The highest BCUT2D eigenvalue weighted by Crippen LogP contribution is 2.53. The SMILES string of the molecule is N#CC(C#N)=C1c2cc(OC(F)(F)F)c(-c3ccc(C#N)c(F)c3)cc2-c2cc(-c3ccc(C#N)c(F)c3)c(OC(F)(F)F)cc21. The molecule has 0 heterocycles. The molecule has 1 aliphatic carbocycles. The van der Waals surface area contributed by atoms with Crippen LogP contribution in [0.15, 0.2) is 66.2 Å². The van der Waals surface area contributed by atoms with Crippen LogP contribution in [0.1, 0.15) is 22.3 Å². The molecule has 5 rings (SSSR count). The van der Waals surface area contributed by atoms with E-state index in [2.05, 4.69) is 9.47 Å². The van der Waals surface area contributed by atoms with Crippen LogP contribution in [-0.2, 0) is 0 Å². The first kappa shape index (κ1) is 31.1. The summed E-state index contributed by atoms with van der Waals surface area (Å²) in [6.07, 6.45) is -10.6. The molecule has 0 amide bonds. The minimum atomic E-state index is -5.29. The van der Waals surface area contributed by atoms with E-state index in [-0.39, 0.29) is 50.1 Å². The van der Waals surface area contributed by atoms with Crippen LogP contribution >= 0.6 is 0 Å². The number of benzene rings is 4. The molecular formula is C32H10F8N4O2. The average Bonchev–Trinajstić information content (AvgIpc) is 3.27. The fourth-order valence-corrected chi connectivity index (χ4v) is 4.99. The average molecular weight is 634 g/mol. The van der Waals surface area contributed by atoms with Gasteiger partial charge in [-0.05, 0) is 81.9 Å². The molecular weight excluding hydrogens is 624 g/mol. The van der Waals surface area contributed by atoms with Crippen LogP contribution in [-0.4, -0.2) is 12.7 Å². The van der Waals surface area contributed by atoms with Gasteiger partial charge in [0, 0.05) is 16.7 Å². The molecule has 0 saturated heterocycles. The summed E-state index contributed by atoms with van der Waals surface area (Å²) in [5.41, 5.74) is -3.49. The largest absolute Gasteiger partial charge is 0.573 e. The predicted octanol–water partition coefficient (Wildman–Crippen LogP) is 8.67. The van der Waals surface area contributed by atoms with Crippen molar-refractivity contribution in [3.63, 3.8) is 0 Å². The van der Waals surface area contributed by atoms with E-state index in [1.807, 2.05) is 0 Å². The lowest BCUT2D eigenvalue weighted by atomic mass is 9.94. The van der Waals surface area contributed by atoms with Gasteiger partial charge < -0.3 is 9.47 Å². The Morgan fingerprint density at radius 2 is 0.913 bits per heavy atom. The first-order valence-corrected chi connectivity index (χ1v) is 12.5. The van der Waals surface area contributed by atoms with Crippen molar-refractivity contribution in [3.8, 4) is 69.2 Å². The minimum Gasteiger partial charge on any atom is -0.405 e. The van der Waals surface area contributed by atoms with Crippen LogP contribution < -0.4 is 9.47 Å². The summed E-state index contributed by atoms with van der Waals surface area (Å²) < 4.78 is 119. The van der Waals surface area contributed by atoms with Gasteiger partial charge >= 0.3 is 12.7 Å². The summed E-state index contributed by atoms with van der Waals surface area (Å²) in [5.74, 6) is -3.99. The molecule has 0 radical (unpaired) electrons. The maximum Gasteiger partial charge on any atom is 0.573 e. The van der Waals surface area contributed by atoms with E-state index >= 15 is 0 Å². The van der Waals surface area contributed by atoms with E-state index in [0.717, 1.165) is 60.7 Å². The van der Waals surface area contributed by atoms with Crippen LogP contribution in [0, 0.1) is 57.0 Å². The van der Waals surface area contributed by atoms with Gasteiger partial charge in [0.1, 0.15) is 53.0 Å². The van der Waals surface area contributed by atoms with Crippen LogP contribution in [0.25, 0.3) is 39.0 Å². The van der Waals surface area contributed by atoms with Crippen LogP contribution in [0.3, 0.4) is 0 Å². The number of hydrogen-bond acceptors (Lipinski definition) is 6. The number of rotatable bonds is 4. The van der Waals surface area contributed by atoms with E-state index in [1.54, 1.807) is 24.3 Å². The van der Waals surface area contributed by atoms with Crippen molar-refractivity contribution in [1.29, 1.82) is 21.0 Å². The van der Waals surface area contributed by atoms with Gasteiger partial charge in [0.05, 0.1) is 11.1 Å². The normalized spacial score (nSPS) is 11.8. The third-order valence-electron chi connectivity index (χ3n) is 6.79. The third kappa shape index (κ3) is 5.76. The highest BCUT2D eigenvalue weighted by Gasteiger charge is 2.37. The highest BCUT2D eigenvalue weighted by atomic mass is 19.4. The fraction of sp³-hybridized carbons (Fsp3) is 0.0625. The van der Waals surface area contributed by atoms with Crippen molar-refractivity contribution in [2.45, 2.75) is 12.7 Å². The number of alkyl halides is 6. The molecule has 0 atom stereocenters. The highest BCUT2D eigenvalue weighted by molar-refractivity contribution is 6.07. The summed E-state index contributed by atoms with van der Waals surface area (Å²) in [6, 6.07) is 15.9. The van der Waals surface area contributed by atoms with Gasteiger partial charge in [-0.3, -0.25) is 0 Å². The number of nitrogens with zero attached hydrogens (tertiary/aromatic N) is 4. The zero-order chi connectivity index (χ0) is 33.6. The molecule has 0 aromatic heterocycles. The standard InChI is InChI=1S/C32H10F8N4O2/c33-26-5-15(1-3-17(26)11-41)20-7-22-23-8-21(16-2-4-18(12-42)27(34)6-16)29(46-32(38,39)40)10-25(23)30(19(13-43)14-44)24(22)9-28(20)45-31(35,36)37/h1-10H. The van der Waals surface area contributed by atoms with Crippen molar-refractivity contribution in [2.24, 2.45) is 0 Å². The van der Waals surface area contributed by atoms with Crippen molar-refractivity contribution in [2.75, 3.05) is 0 Å². The van der Waals surface area contributed by atoms with Gasteiger partial charge in [0.2, 0.25) is 0 Å². The van der Waals surface area contributed by atoms with Crippen molar-refractivity contribution >= 4 is 5.57 Å². The van der Waals surface area contributed by atoms with Gasteiger partial charge in [0.25, 0.3) is 0 Å². The van der Waals surface area contributed by atoms with E-state index in [4.69, 9.17) is 10.5 Å². The molecule has 14 heteroatoms. The second kappa shape index (κ2) is 11.3. The number of hydrogen-bond donors (Lipinski definition) is 0. The van der Waals surface area contributed by atoms with E-state index < -0.39 is 52.6 Å². The third-order valence-corrected chi connectivity index (χ3v) is 6.79. The van der Waals surface area contributed by atoms with Gasteiger partial charge in [-0.15, -0.1) is 26.3 Å². The maximum absolute atomic E-state index is 14.6. The summed E-state index contributed by atoms with van der Waals surface area (Å²) in [4.78, 5) is 0. The number of nitriles is 4. The van der Waals surface area contributed by atoms with Crippen LogP contribution in [0.5, 0.6) is 11.5 Å². The molecule has 46 heavy (non-hydrogen) atoms. The van der Waals surface area contributed by atoms with Gasteiger partial charge in [-0.1, -0.05) is 12.1 Å². The quantitative estimate of drug-likeness (QED) is 0.144. The Hall–Kier alpha value is -6.38. The molecule has 6 nitrogen and oxygen atoms in total. The van der Waals surface area contributed by atoms with Crippen LogP contribution in [0.4, 0.5) is 35.1 Å². The monoisotopic (exact) mass is 634 g/mol. The second-order valence-corrected chi connectivity index (χ2v) is 9.47. The Labute approximate surface area is 253 Å². The van der Waals surface area contributed by atoms with Crippen LogP contribution in [0.2, 0.25) is 0 Å². The van der Waals surface area contributed by atoms with Crippen molar-refractivity contribution in [1.82, 2.24) is 0 Å². The Morgan fingerprint density at radius 1 is 0.522 bits per heavy atom. The second-order valence-electron chi connectivity index (χ2n) is 9.47. The van der Waals surface area contributed by atoms with Gasteiger partial charge in [0.15, 0.2) is 0 Å². The number of fused-ring (bicyclic) bond motifs is 3. The van der Waals surface area contributed by atoms with Crippen molar-refractivity contribution in [3.05, 3.63) is 100 Å². The first-order valence-electron chi connectivity index (χ1n) is 12.5. The number of ether oxygens (including phenoxy) is 2. The number of halogens is 8. The summed E-state index contributed by atoms with van der Waals surface area (Å²) in [6.45, 7) is 0. The topological polar surface area (TPSA) is 114 Å². The van der Waals surface area contributed by atoms with E-state index in [9.17, 15) is 45.6 Å². The lowest BCUT2D eigenvalue weighted by Gasteiger charge is -2.17. The summed E-state index contributed by atoms with van der Waals surface area (Å²) in [7, 11) is 0. The molecule has 0 unspecified atom stereocenters. The minimum absolute atomic E-state index is 0.0174. The molecule has 226 valence electrons. The molecule has 0 N–H and O–H groups in total. The molecule has 0 spiro atoms. The lowest BCUT2D eigenvalue weighted by Crippen LogP contribution is -2.18. The summed E-state index contributed by atoms with van der Waals surface area (Å²) >= 11 is 0. The lowest BCUT2D eigenvalue weighted by molar-refractivity contribution is -0.275. The predicted molar refractivity (Wildman–Crippen MR) is 143 cm³/mol. The summed E-state index contributed by atoms with van der Waals surface area (Å²) in [5, 5.41) is 37.5. The Kier molecular flexibility index (Phi) is 7.61. The van der Waals surface area contributed by atoms with E-state index in [0.29, 0.717) is 0 Å². The number of allylic oxidation sites excluding steroid dienone is 1. The fourth-order valence-electron chi connectivity index (χ4n) is 4.99. The molecule has 0 saturated carbocycles. The Morgan fingerprint density at radius 3 is 1.22 bits per heavy atom. The maximum atomic E-state index is 14.6. The molecule has 1 aliphatic rings. The molecule has 0 aliphatic heterocycles. The zero-order valence-corrected chi connectivity index (χ0v) is 22.4. The van der Waals surface area contributed by atoms with Crippen molar-refractivity contribution < 1.29 is 44.6 Å². The molecule has 0 bridgehead atoms. The Balaban J connectivity index is 1.89. The smallest absolute Gasteiger partial charge is 0.405 e.